The molecule has 4 rings (SSSR count). The molecular formula is C24H22N2O2. The quantitative estimate of drug-likeness (QED) is 0.463. The minimum atomic E-state index is 0.706. The molecule has 28 heavy (non-hydrogen) atoms. The van der Waals surface area contributed by atoms with Crippen LogP contribution < -0.4 is 9.47 Å². The Morgan fingerprint density at radius 1 is 0.786 bits per heavy atom. The number of benzene rings is 3. The summed E-state index contributed by atoms with van der Waals surface area (Å²) in [6.45, 7) is 0.706. The Hall–Kier alpha value is -3.53. The molecule has 140 valence electrons. The van der Waals surface area contributed by atoms with E-state index in [2.05, 4.69) is 33.8 Å². The van der Waals surface area contributed by atoms with Gasteiger partial charge in [0.15, 0.2) is 0 Å². The molecule has 3 aromatic carbocycles. The van der Waals surface area contributed by atoms with Gasteiger partial charge in [-0.2, -0.15) is 0 Å². The fraction of sp³-hybridized carbons (Fsp3) is 0.125. The van der Waals surface area contributed by atoms with Crippen LogP contribution in [0, 0.1) is 0 Å². The van der Waals surface area contributed by atoms with E-state index >= 15 is 0 Å². The second-order valence-electron chi connectivity index (χ2n) is 6.51. The second kappa shape index (κ2) is 8.01. The molecule has 4 nitrogen and oxygen atoms in total. The summed E-state index contributed by atoms with van der Waals surface area (Å²) in [4.78, 5) is 4.66. The van der Waals surface area contributed by atoms with Crippen molar-refractivity contribution in [1.82, 2.24) is 9.55 Å². The lowest BCUT2D eigenvalue weighted by Crippen LogP contribution is -2.02. The Morgan fingerprint density at radius 3 is 2.36 bits per heavy atom. The third-order valence-electron chi connectivity index (χ3n) is 4.75. The van der Waals surface area contributed by atoms with Crippen LogP contribution in [-0.2, 0) is 6.54 Å². The first-order valence-electron chi connectivity index (χ1n) is 9.16. The van der Waals surface area contributed by atoms with Gasteiger partial charge in [0.05, 0.1) is 14.2 Å². The predicted octanol–water partition coefficient (Wildman–Crippen LogP) is 5.28. The van der Waals surface area contributed by atoms with Crippen molar-refractivity contribution in [2.24, 2.45) is 0 Å². The van der Waals surface area contributed by atoms with Gasteiger partial charge in [-0.05, 0) is 47.0 Å². The monoisotopic (exact) mass is 370 g/mol. The van der Waals surface area contributed by atoms with Crippen molar-refractivity contribution >= 4 is 0 Å². The number of ether oxygens (including phenoxy) is 2. The number of imidazole rings is 1. The summed E-state index contributed by atoms with van der Waals surface area (Å²) in [6.07, 6.45) is 3.84. The van der Waals surface area contributed by atoms with Crippen molar-refractivity contribution in [3.05, 3.63) is 90.8 Å². The molecule has 1 aromatic heterocycles. The van der Waals surface area contributed by atoms with E-state index in [1.54, 1.807) is 14.2 Å². The van der Waals surface area contributed by atoms with E-state index in [4.69, 9.17) is 9.47 Å². The molecule has 4 aromatic rings. The number of hydrogen-bond acceptors (Lipinski definition) is 3. The normalized spacial score (nSPS) is 10.6. The Bertz CT molecular complexity index is 1070. The first-order valence-corrected chi connectivity index (χ1v) is 9.16. The van der Waals surface area contributed by atoms with Gasteiger partial charge in [-0.1, -0.05) is 42.5 Å². The maximum absolute atomic E-state index is 5.48. The van der Waals surface area contributed by atoms with Crippen LogP contribution >= 0.6 is 0 Å². The summed E-state index contributed by atoms with van der Waals surface area (Å²) >= 11 is 0. The molecule has 0 unspecified atom stereocenters. The van der Waals surface area contributed by atoms with E-state index in [1.165, 1.54) is 0 Å². The zero-order chi connectivity index (χ0) is 19.3. The molecule has 1 heterocycles. The largest absolute Gasteiger partial charge is 0.497 e. The Balaban J connectivity index is 1.78. The molecule has 0 saturated heterocycles. The molecule has 0 aliphatic heterocycles. The average molecular weight is 370 g/mol. The lowest BCUT2D eigenvalue weighted by Gasteiger charge is -2.14. The van der Waals surface area contributed by atoms with Crippen molar-refractivity contribution in [2.75, 3.05) is 14.2 Å². The zero-order valence-electron chi connectivity index (χ0n) is 16.0. The summed E-state index contributed by atoms with van der Waals surface area (Å²) in [5.74, 6) is 2.57. The summed E-state index contributed by atoms with van der Waals surface area (Å²) in [6, 6.07) is 24.6. The Morgan fingerprint density at radius 2 is 1.57 bits per heavy atom. The highest BCUT2D eigenvalue weighted by Gasteiger charge is 2.14. The van der Waals surface area contributed by atoms with Crippen molar-refractivity contribution in [2.45, 2.75) is 6.54 Å². The van der Waals surface area contributed by atoms with Crippen molar-refractivity contribution < 1.29 is 9.47 Å². The van der Waals surface area contributed by atoms with Gasteiger partial charge in [-0.15, -0.1) is 0 Å². The van der Waals surface area contributed by atoms with Crippen LogP contribution in [0.4, 0.5) is 0 Å². The molecule has 4 heteroatoms. The number of hydrogen-bond donors (Lipinski definition) is 0. The van der Waals surface area contributed by atoms with E-state index in [-0.39, 0.29) is 0 Å². The van der Waals surface area contributed by atoms with Crippen LogP contribution in [0.5, 0.6) is 11.5 Å². The van der Waals surface area contributed by atoms with Crippen LogP contribution in [0.2, 0.25) is 0 Å². The summed E-state index contributed by atoms with van der Waals surface area (Å²) in [5, 5.41) is 0. The van der Waals surface area contributed by atoms with E-state index in [0.29, 0.717) is 6.54 Å². The summed E-state index contributed by atoms with van der Waals surface area (Å²) in [5.41, 5.74) is 4.47. The molecule has 0 radical (unpaired) electrons. The van der Waals surface area contributed by atoms with E-state index < -0.39 is 0 Å². The molecule has 0 atom stereocenters. The standard InChI is InChI=1S/C24H22N2O2/c1-27-20-10-6-7-18(15-20)17-26-14-13-25-24(26)23-16-21(28-2)11-12-22(23)19-8-4-3-5-9-19/h3-16H,17H2,1-2H3. The summed E-state index contributed by atoms with van der Waals surface area (Å²) < 4.78 is 13.0. The summed E-state index contributed by atoms with van der Waals surface area (Å²) in [7, 11) is 3.37. The fourth-order valence-electron chi connectivity index (χ4n) is 3.35. The first-order chi connectivity index (χ1) is 13.8. The van der Waals surface area contributed by atoms with Crippen molar-refractivity contribution in [3.63, 3.8) is 0 Å². The molecule has 0 bridgehead atoms. The Kier molecular flexibility index (Phi) is 5.11. The first kappa shape index (κ1) is 17.9. The van der Waals surface area contributed by atoms with Crippen molar-refractivity contribution in [3.8, 4) is 34.0 Å². The van der Waals surface area contributed by atoms with Gasteiger partial charge in [0.2, 0.25) is 0 Å². The molecule has 0 saturated carbocycles. The van der Waals surface area contributed by atoms with Crippen LogP contribution in [0.3, 0.4) is 0 Å². The van der Waals surface area contributed by atoms with Crippen LogP contribution in [0.1, 0.15) is 5.56 Å². The topological polar surface area (TPSA) is 36.3 Å². The SMILES string of the molecule is COc1cccc(Cn2ccnc2-c2cc(OC)ccc2-c2ccccc2)c1. The highest BCUT2D eigenvalue weighted by molar-refractivity contribution is 5.81. The second-order valence-corrected chi connectivity index (χ2v) is 6.51. The molecule has 0 aliphatic carbocycles. The van der Waals surface area contributed by atoms with Gasteiger partial charge < -0.3 is 14.0 Å². The fourth-order valence-corrected chi connectivity index (χ4v) is 3.35. The van der Waals surface area contributed by atoms with Gasteiger partial charge in [0, 0.05) is 24.5 Å². The minimum Gasteiger partial charge on any atom is -0.497 e. The highest BCUT2D eigenvalue weighted by Crippen LogP contribution is 2.34. The van der Waals surface area contributed by atoms with Gasteiger partial charge in [0.1, 0.15) is 17.3 Å². The van der Waals surface area contributed by atoms with Gasteiger partial charge in [-0.3, -0.25) is 0 Å². The molecule has 0 spiro atoms. The van der Waals surface area contributed by atoms with E-state index in [0.717, 1.165) is 39.6 Å². The number of rotatable bonds is 6. The van der Waals surface area contributed by atoms with Gasteiger partial charge in [0.25, 0.3) is 0 Å². The van der Waals surface area contributed by atoms with Crippen molar-refractivity contribution in [1.29, 1.82) is 0 Å². The highest BCUT2D eigenvalue weighted by atomic mass is 16.5. The Labute approximate surface area is 165 Å². The molecule has 0 amide bonds. The molecule has 0 N–H and O–H groups in total. The third kappa shape index (κ3) is 3.62. The van der Waals surface area contributed by atoms with Gasteiger partial charge in [-0.25, -0.2) is 4.98 Å². The molecule has 0 aliphatic rings. The average Bonchev–Trinajstić information content (AvgIpc) is 3.22. The number of aromatic nitrogens is 2. The van der Waals surface area contributed by atoms with Gasteiger partial charge >= 0.3 is 0 Å². The third-order valence-corrected chi connectivity index (χ3v) is 4.75. The van der Waals surface area contributed by atoms with E-state index in [1.807, 2.05) is 60.9 Å². The van der Waals surface area contributed by atoms with Crippen LogP contribution in [0.15, 0.2) is 85.2 Å². The van der Waals surface area contributed by atoms with Crippen LogP contribution in [0.25, 0.3) is 22.5 Å². The minimum absolute atomic E-state index is 0.706. The molecule has 0 fully saturated rings. The lowest BCUT2D eigenvalue weighted by molar-refractivity contribution is 0.414. The maximum atomic E-state index is 5.48. The molecular weight excluding hydrogens is 348 g/mol. The number of methoxy groups -OCH3 is 2. The zero-order valence-corrected chi connectivity index (χ0v) is 16.0. The predicted molar refractivity (Wildman–Crippen MR) is 112 cm³/mol. The smallest absolute Gasteiger partial charge is 0.140 e. The maximum Gasteiger partial charge on any atom is 0.140 e. The lowest BCUT2D eigenvalue weighted by atomic mass is 9.98. The van der Waals surface area contributed by atoms with E-state index in [9.17, 15) is 0 Å². The number of nitrogens with zero attached hydrogens (tertiary/aromatic N) is 2. The van der Waals surface area contributed by atoms with Crippen LogP contribution in [-0.4, -0.2) is 23.8 Å².